The molecule has 3 N–H and O–H groups in total. The Balaban J connectivity index is 1.37. The summed E-state index contributed by atoms with van der Waals surface area (Å²) in [6.07, 6.45) is 6.83. The molecule has 4 aliphatic rings. The molecule has 0 heterocycles. The fraction of sp³-hybridized carbons (Fsp3) is 0.619. The van der Waals surface area contributed by atoms with Gasteiger partial charge in [0.2, 0.25) is 15.9 Å². The van der Waals surface area contributed by atoms with Gasteiger partial charge in [-0.25, -0.2) is 13.1 Å². The predicted octanol–water partition coefficient (Wildman–Crippen LogP) is 3.40. The molecule has 0 aromatic heterocycles. The van der Waals surface area contributed by atoms with Crippen molar-refractivity contribution in [1.29, 1.82) is 0 Å². The van der Waals surface area contributed by atoms with Gasteiger partial charge in [0.25, 0.3) is 0 Å². The molecule has 5 rings (SSSR count). The summed E-state index contributed by atoms with van der Waals surface area (Å²) >= 11 is 5.36. The van der Waals surface area contributed by atoms with Crippen molar-refractivity contribution >= 4 is 38.9 Å². The van der Waals surface area contributed by atoms with Crippen LogP contribution in [-0.4, -0.2) is 25.5 Å². The molecule has 4 bridgehead atoms. The Kier molecular flexibility index (Phi) is 5.46. The highest BCUT2D eigenvalue weighted by Gasteiger charge is 2.54. The number of anilines is 1. The maximum absolute atomic E-state index is 13.1. The topological polar surface area (TPSA) is 87.3 Å². The van der Waals surface area contributed by atoms with E-state index in [4.69, 9.17) is 12.2 Å². The Morgan fingerprint density at radius 1 is 1.03 bits per heavy atom. The summed E-state index contributed by atoms with van der Waals surface area (Å²) in [5.74, 6) is 2.14. The lowest BCUT2D eigenvalue weighted by Crippen LogP contribution is -2.55. The van der Waals surface area contributed by atoms with E-state index < -0.39 is 10.0 Å². The number of amides is 1. The standard InChI is InChI=1S/C21H29N3O3S2/c1-13(2)24-29(26,27)18-5-3-17(4-6-18)22-20(28)23-19(25)21-10-14-7-15(11-21)9-16(8-14)12-21/h3-6,13-16,24H,7-12H2,1-2H3,(H2,22,23,25,28). The second kappa shape index (κ2) is 7.63. The minimum atomic E-state index is -3.53. The fourth-order valence-corrected chi connectivity index (χ4v) is 7.34. The van der Waals surface area contributed by atoms with Crippen LogP contribution in [0.4, 0.5) is 5.69 Å². The van der Waals surface area contributed by atoms with Gasteiger partial charge in [-0.1, -0.05) is 0 Å². The van der Waals surface area contributed by atoms with Crippen LogP contribution < -0.4 is 15.4 Å². The van der Waals surface area contributed by atoms with Gasteiger partial charge in [0.15, 0.2) is 5.11 Å². The maximum Gasteiger partial charge on any atom is 0.240 e. The minimum absolute atomic E-state index is 0.0504. The predicted molar refractivity (Wildman–Crippen MR) is 117 cm³/mol. The van der Waals surface area contributed by atoms with Crippen LogP contribution in [0, 0.1) is 23.2 Å². The zero-order valence-electron chi connectivity index (χ0n) is 16.9. The molecule has 0 atom stereocenters. The largest absolute Gasteiger partial charge is 0.332 e. The molecular formula is C21H29N3O3S2. The van der Waals surface area contributed by atoms with Crippen LogP contribution in [0.15, 0.2) is 29.2 Å². The van der Waals surface area contributed by atoms with Crippen molar-refractivity contribution in [3.8, 4) is 0 Å². The Labute approximate surface area is 178 Å². The summed E-state index contributed by atoms with van der Waals surface area (Å²) in [5, 5.41) is 6.18. The summed E-state index contributed by atoms with van der Waals surface area (Å²) in [7, 11) is -3.53. The number of rotatable bonds is 5. The molecule has 4 fully saturated rings. The van der Waals surface area contributed by atoms with Gasteiger partial charge in [-0.2, -0.15) is 0 Å². The van der Waals surface area contributed by atoms with Crippen molar-refractivity contribution in [2.75, 3.05) is 5.32 Å². The zero-order valence-corrected chi connectivity index (χ0v) is 18.5. The Bertz CT molecular complexity index is 874. The molecule has 1 aromatic carbocycles. The number of carbonyl (C=O) groups excluding carboxylic acids is 1. The van der Waals surface area contributed by atoms with Gasteiger partial charge in [0, 0.05) is 11.7 Å². The first-order valence-electron chi connectivity index (χ1n) is 10.4. The number of sulfonamides is 1. The summed E-state index contributed by atoms with van der Waals surface area (Å²) in [6.45, 7) is 3.55. The second-order valence-electron chi connectivity index (χ2n) is 9.41. The fourth-order valence-electron chi connectivity index (χ4n) is 5.88. The highest BCUT2D eigenvalue weighted by molar-refractivity contribution is 7.89. The summed E-state index contributed by atoms with van der Waals surface area (Å²) in [4.78, 5) is 13.3. The lowest BCUT2D eigenvalue weighted by atomic mass is 9.49. The molecule has 6 nitrogen and oxygen atoms in total. The van der Waals surface area contributed by atoms with Crippen molar-refractivity contribution in [1.82, 2.24) is 10.0 Å². The first-order valence-corrected chi connectivity index (χ1v) is 12.3. The van der Waals surface area contributed by atoms with Crippen molar-refractivity contribution in [2.24, 2.45) is 23.2 Å². The molecule has 0 aliphatic heterocycles. The summed E-state index contributed by atoms with van der Waals surface area (Å²) < 4.78 is 27.0. The van der Waals surface area contributed by atoms with E-state index in [1.807, 2.05) is 0 Å². The highest BCUT2D eigenvalue weighted by atomic mass is 32.2. The molecule has 0 saturated heterocycles. The van der Waals surface area contributed by atoms with Gasteiger partial charge < -0.3 is 10.6 Å². The number of benzene rings is 1. The molecule has 0 spiro atoms. The smallest absolute Gasteiger partial charge is 0.240 e. The van der Waals surface area contributed by atoms with E-state index in [-0.39, 0.29) is 27.4 Å². The zero-order chi connectivity index (χ0) is 20.8. The van der Waals surface area contributed by atoms with E-state index in [2.05, 4.69) is 15.4 Å². The number of thiocarbonyl (C=S) groups is 1. The monoisotopic (exact) mass is 435 g/mol. The molecule has 4 aliphatic carbocycles. The molecule has 0 unspecified atom stereocenters. The van der Waals surface area contributed by atoms with Crippen LogP contribution >= 0.6 is 12.2 Å². The van der Waals surface area contributed by atoms with Crippen LogP contribution in [-0.2, 0) is 14.8 Å². The summed E-state index contributed by atoms with van der Waals surface area (Å²) in [5.41, 5.74) is 0.394. The SMILES string of the molecule is CC(C)NS(=O)(=O)c1ccc(NC(=S)NC(=O)C23CC4CC(CC(C4)C2)C3)cc1. The van der Waals surface area contributed by atoms with Crippen LogP contribution in [0.1, 0.15) is 52.4 Å². The Morgan fingerprint density at radius 3 is 2.03 bits per heavy atom. The molecule has 1 amide bonds. The van der Waals surface area contributed by atoms with E-state index in [0.29, 0.717) is 23.4 Å². The van der Waals surface area contributed by atoms with Gasteiger partial charge in [-0.3, -0.25) is 4.79 Å². The first-order chi connectivity index (χ1) is 13.6. The van der Waals surface area contributed by atoms with Gasteiger partial charge >= 0.3 is 0 Å². The number of nitrogens with one attached hydrogen (secondary N) is 3. The Hall–Kier alpha value is -1.51. The first kappa shape index (κ1) is 20.8. The number of hydrogen-bond donors (Lipinski definition) is 3. The molecular weight excluding hydrogens is 406 g/mol. The number of hydrogen-bond acceptors (Lipinski definition) is 4. The minimum Gasteiger partial charge on any atom is -0.332 e. The normalized spacial score (nSPS) is 30.4. The number of carbonyl (C=O) groups is 1. The lowest BCUT2D eigenvalue weighted by molar-refractivity contribution is -0.144. The third kappa shape index (κ3) is 4.34. The van der Waals surface area contributed by atoms with E-state index in [1.54, 1.807) is 26.0 Å². The van der Waals surface area contributed by atoms with Crippen molar-refractivity contribution in [3.05, 3.63) is 24.3 Å². The van der Waals surface area contributed by atoms with Gasteiger partial charge in [-0.15, -0.1) is 0 Å². The third-order valence-corrected chi connectivity index (χ3v) is 8.44. The van der Waals surface area contributed by atoms with Crippen molar-refractivity contribution in [2.45, 2.75) is 63.3 Å². The van der Waals surface area contributed by atoms with E-state index in [9.17, 15) is 13.2 Å². The van der Waals surface area contributed by atoms with Crippen LogP contribution in [0.25, 0.3) is 0 Å². The molecule has 8 heteroatoms. The molecule has 1 aromatic rings. The summed E-state index contributed by atoms with van der Waals surface area (Å²) in [6, 6.07) is 6.17. The van der Waals surface area contributed by atoms with Gasteiger partial charge in [0.1, 0.15) is 0 Å². The van der Waals surface area contributed by atoms with Gasteiger partial charge in [-0.05, 0) is 107 Å². The molecule has 158 valence electrons. The Morgan fingerprint density at radius 2 is 1.55 bits per heavy atom. The molecule has 0 radical (unpaired) electrons. The van der Waals surface area contributed by atoms with Crippen LogP contribution in [0.5, 0.6) is 0 Å². The quantitative estimate of drug-likeness (QED) is 0.617. The van der Waals surface area contributed by atoms with E-state index >= 15 is 0 Å². The van der Waals surface area contributed by atoms with Crippen molar-refractivity contribution < 1.29 is 13.2 Å². The average Bonchev–Trinajstić information content (AvgIpc) is 2.59. The maximum atomic E-state index is 13.1. The van der Waals surface area contributed by atoms with Crippen LogP contribution in [0.3, 0.4) is 0 Å². The third-order valence-electron chi connectivity index (χ3n) is 6.56. The van der Waals surface area contributed by atoms with Gasteiger partial charge in [0.05, 0.1) is 10.3 Å². The van der Waals surface area contributed by atoms with E-state index in [0.717, 1.165) is 19.3 Å². The second-order valence-corrected chi connectivity index (χ2v) is 11.5. The van der Waals surface area contributed by atoms with Crippen LogP contribution in [0.2, 0.25) is 0 Å². The molecule has 4 saturated carbocycles. The van der Waals surface area contributed by atoms with Crippen molar-refractivity contribution in [3.63, 3.8) is 0 Å². The molecule has 29 heavy (non-hydrogen) atoms. The highest BCUT2D eigenvalue weighted by Crippen LogP contribution is 2.60. The average molecular weight is 436 g/mol. The van der Waals surface area contributed by atoms with E-state index in [1.165, 1.54) is 31.4 Å². The lowest BCUT2D eigenvalue weighted by Gasteiger charge is -2.55.